The molecule has 0 saturated heterocycles. The number of urea groups is 1. The molecule has 0 radical (unpaired) electrons. The van der Waals surface area contributed by atoms with Crippen molar-refractivity contribution in [3.05, 3.63) is 0 Å². The van der Waals surface area contributed by atoms with Gasteiger partial charge < -0.3 is 21.7 Å². The predicted molar refractivity (Wildman–Crippen MR) is 90.7 cm³/mol. The Morgan fingerprint density at radius 1 is 1.09 bits per heavy atom. The van der Waals surface area contributed by atoms with Crippen molar-refractivity contribution in [1.29, 1.82) is 0 Å². The van der Waals surface area contributed by atoms with Crippen LogP contribution in [0.1, 0.15) is 53.9 Å². The molecular formula is C15H34N4O3. The van der Waals surface area contributed by atoms with Gasteiger partial charge in [0, 0.05) is 6.54 Å². The van der Waals surface area contributed by atoms with E-state index in [0.29, 0.717) is 19.4 Å². The second-order valence-corrected chi connectivity index (χ2v) is 4.40. The van der Waals surface area contributed by atoms with E-state index in [0.717, 1.165) is 0 Å². The summed E-state index contributed by atoms with van der Waals surface area (Å²) in [6.07, 6.45) is 2.43. The van der Waals surface area contributed by atoms with Crippen molar-refractivity contribution < 1.29 is 14.4 Å². The summed E-state index contributed by atoms with van der Waals surface area (Å²) in [4.78, 5) is 32.7. The summed E-state index contributed by atoms with van der Waals surface area (Å²) in [5, 5.41) is 7.81. The molecule has 0 spiro atoms. The Balaban J connectivity index is -0.000000637. The summed E-state index contributed by atoms with van der Waals surface area (Å²) in [7, 11) is 1.67. The summed E-state index contributed by atoms with van der Waals surface area (Å²) in [6.45, 7) is 10.1. The fourth-order valence-electron chi connectivity index (χ4n) is 1.26. The molecule has 0 aliphatic rings. The smallest absolute Gasteiger partial charge is 0.312 e. The van der Waals surface area contributed by atoms with Crippen LogP contribution in [0.2, 0.25) is 0 Å². The Morgan fingerprint density at radius 2 is 1.59 bits per heavy atom. The Labute approximate surface area is 134 Å². The molecule has 0 aromatic rings. The van der Waals surface area contributed by atoms with Crippen LogP contribution in [0.15, 0.2) is 0 Å². The van der Waals surface area contributed by atoms with Gasteiger partial charge in [-0.15, -0.1) is 0 Å². The monoisotopic (exact) mass is 318 g/mol. The first-order chi connectivity index (χ1) is 10.4. The number of carbonyl (C=O) groups excluding carboxylic acids is 3. The fraction of sp³-hybridized carbons (Fsp3) is 0.800. The third-order valence-electron chi connectivity index (χ3n) is 2.15. The average Bonchev–Trinajstić information content (AvgIpc) is 2.47. The van der Waals surface area contributed by atoms with Crippen LogP contribution in [-0.2, 0) is 9.59 Å². The lowest BCUT2D eigenvalue weighted by molar-refractivity contribution is -0.126. The van der Waals surface area contributed by atoms with Crippen molar-refractivity contribution in [1.82, 2.24) is 16.0 Å². The van der Waals surface area contributed by atoms with Crippen LogP contribution in [0.5, 0.6) is 0 Å². The van der Waals surface area contributed by atoms with Gasteiger partial charge in [0.15, 0.2) is 0 Å². The fourth-order valence-corrected chi connectivity index (χ4v) is 1.26. The first kappa shape index (κ1) is 25.3. The van der Waals surface area contributed by atoms with Crippen LogP contribution in [-0.4, -0.2) is 43.9 Å². The lowest BCUT2D eigenvalue weighted by atomic mass is 10.1. The van der Waals surface area contributed by atoms with Crippen molar-refractivity contribution in [2.24, 2.45) is 5.73 Å². The van der Waals surface area contributed by atoms with Gasteiger partial charge >= 0.3 is 6.03 Å². The minimum Gasteiger partial charge on any atom is -0.352 e. The van der Waals surface area contributed by atoms with E-state index in [1.807, 2.05) is 13.8 Å². The Hall–Kier alpha value is -1.63. The van der Waals surface area contributed by atoms with E-state index in [1.54, 1.807) is 7.05 Å². The van der Waals surface area contributed by atoms with Gasteiger partial charge in [0.25, 0.3) is 0 Å². The summed E-state index contributed by atoms with van der Waals surface area (Å²) < 4.78 is 0. The quantitative estimate of drug-likeness (QED) is 0.503. The molecule has 0 saturated carbocycles. The van der Waals surface area contributed by atoms with E-state index in [1.165, 1.54) is 13.3 Å². The van der Waals surface area contributed by atoms with Crippen LogP contribution < -0.4 is 21.7 Å². The first-order valence-electron chi connectivity index (χ1n) is 7.86. The molecular weight excluding hydrogens is 284 g/mol. The van der Waals surface area contributed by atoms with Crippen LogP contribution in [0.4, 0.5) is 4.79 Å². The number of nitrogens with one attached hydrogen (secondary N) is 3. The van der Waals surface area contributed by atoms with Crippen LogP contribution in [0.25, 0.3) is 0 Å². The van der Waals surface area contributed by atoms with Gasteiger partial charge in [-0.1, -0.05) is 34.1 Å². The molecule has 0 heterocycles. The molecule has 0 bridgehead atoms. The van der Waals surface area contributed by atoms with E-state index < -0.39 is 6.03 Å². The van der Waals surface area contributed by atoms with Gasteiger partial charge in [0.05, 0.1) is 12.6 Å². The van der Waals surface area contributed by atoms with E-state index >= 15 is 0 Å². The predicted octanol–water partition coefficient (Wildman–Crippen LogP) is 1.17. The maximum absolute atomic E-state index is 11.6. The van der Waals surface area contributed by atoms with E-state index in [9.17, 15) is 14.4 Å². The molecule has 5 N–H and O–H groups in total. The molecule has 7 nitrogen and oxygen atoms in total. The van der Waals surface area contributed by atoms with Gasteiger partial charge in [-0.05, 0) is 26.8 Å². The number of rotatable bonds is 8. The highest BCUT2D eigenvalue weighted by molar-refractivity contribution is 5.87. The standard InChI is InChI=1S/C10H20N4O3.C3H8.C2H6/c1-7(15)6-14-9(16)8(12-2)4-3-5-13-10(11)17;1-3-2;1-2/h8,12H,3-6H2,1-2H3,(H,14,16)(H3,11,13,17);3H2,1-2H3;1-2H3. The molecule has 1 atom stereocenters. The van der Waals surface area contributed by atoms with Gasteiger partial charge in [-0.3, -0.25) is 9.59 Å². The van der Waals surface area contributed by atoms with Gasteiger partial charge in [0.2, 0.25) is 5.91 Å². The zero-order valence-electron chi connectivity index (χ0n) is 14.9. The number of hydrogen-bond donors (Lipinski definition) is 4. The summed E-state index contributed by atoms with van der Waals surface area (Å²) in [5.74, 6) is -0.314. The van der Waals surface area contributed by atoms with Crippen molar-refractivity contribution >= 4 is 17.7 Å². The summed E-state index contributed by atoms with van der Waals surface area (Å²) in [5.41, 5.74) is 4.90. The number of likely N-dealkylation sites (N-methyl/N-ethyl adjacent to an activating group) is 1. The molecule has 1 unspecified atom stereocenters. The molecule has 3 amide bonds. The second kappa shape index (κ2) is 19.4. The number of carbonyl (C=O) groups is 3. The van der Waals surface area contributed by atoms with Crippen molar-refractivity contribution in [2.45, 2.75) is 59.9 Å². The highest BCUT2D eigenvalue weighted by Gasteiger charge is 2.15. The molecule has 0 aromatic carbocycles. The summed E-state index contributed by atoms with van der Waals surface area (Å²) in [6, 6.07) is -0.948. The third kappa shape index (κ3) is 20.7. The van der Waals surface area contributed by atoms with Crippen LogP contribution in [0.3, 0.4) is 0 Å². The maximum atomic E-state index is 11.6. The number of ketones is 1. The minimum atomic E-state index is -0.577. The molecule has 132 valence electrons. The van der Waals surface area contributed by atoms with Crippen molar-refractivity contribution in [3.8, 4) is 0 Å². The zero-order valence-corrected chi connectivity index (χ0v) is 14.9. The Morgan fingerprint density at radius 3 is 1.95 bits per heavy atom. The number of hydrogen-bond acceptors (Lipinski definition) is 4. The number of primary amides is 1. The second-order valence-electron chi connectivity index (χ2n) is 4.40. The van der Waals surface area contributed by atoms with Crippen molar-refractivity contribution in [3.63, 3.8) is 0 Å². The van der Waals surface area contributed by atoms with Crippen LogP contribution >= 0.6 is 0 Å². The maximum Gasteiger partial charge on any atom is 0.312 e. The molecule has 22 heavy (non-hydrogen) atoms. The molecule has 0 fully saturated rings. The third-order valence-corrected chi connectivity index (χ3v) is 2.15. The van der Waals surface area contributed by atoms with Crippen LogP contribution in [0, 0.1) is 0 Å². The summed E-state index contributed by atoms with van der Waals surface area (Å²) >= 11 is 0. The normalized spacial score (nSPS) is 10.1. The van der Waals surface area contributed by atoms with E-state index in [2.05, 4.69) is 29.8 Å². The topological polar surface area (TPSA) is 113 Å². The number of nitrogens with two attached hydrogens (primary N) is 1. The van der Waals surface area contributed by atoms with Gasteiger partial charge in [0.1, 0.15) is 5.78 Å². The lowest BCUT2D eigenvalue weighted by Crippen LogP contribution is -2.44. The lowest BCUT2D eigenvalue weighted by Gasteiger charge is -2.15. The average molecular weight is 318 g/mol. The number of Topliss-reactive ketones (excluding diaryl/α,β-unsaturated/α-hetero) is 1. The molecule has 0 rings (SSSR count). The Bertz CT molecular complexity index is 297. The van der Waals surface area contributed by atoms with E-state index in [-0.39, 0.29) is 24.3 Å². The number of amides is 3. The molecule has 0 aromatic heterocycles. The zero-order chi connectivity index (χ0) is 18.0. The van der Waals surface area contributed by atoms with Gasteiger partial charge in [-0.2, -0.15) is 0 Å². The Kier molecular flexibility index (Phi) is 22.3. The highest BCUT2D eigenvalue weighted by Crippen LogP contribution is 1.96. The van der Waals surface area contributed by atoms with E-state index in [4.69, 9.17) is 5.73 Å². The molecule has 0 aliphatic heterocycles. The van der Waals surface area contributed by atoms with Gasteiger partial charge in [-0.25, -0.2) is 4.79 Å². The molecule has 7 heteroatoms. The minimum absolute atomic E-state index is 0.0382. The SMILES string of the molecule is CC.CCC.CNC(CCCNC(N)=O)C(=O)NCC(C)=O. The first-order valence-corrected chi connectivity index (χ1v) is 7.86. The highest BCUT2D eigenvalue weighted by atomic mass is 16.2. The molecule has 0 aliphatic carbocycles. The van der Waals surface area contributed by atoms with Crippen molar-refractivity contribution in [2.75, 3.05) is 20.1 Å². The largest absolute Gasteiger partial charge is 0.352 e.